The van der Waals surface area contributed by atoms with Crippen LogP contribution in [0.3, 0.4) is 0 Å². The third-order valence-electron chi connectivity index (χ3n) is 3.40. The van der Waals surface area contributed by atoms with Gasteiger partial charge in [-0.05, 0) is 55.3 Å². The van der Waals surface area contributed by atoms with Crippen LogP contribution in [0, 0.1) is 0 Å². The number of likely N-dealkylation sites (N-methyl/N-ethyl adjacent to an activating group) is 1. The van der Waals surface area contributed by atoms with E-state index in [1.165, 1.54) is 16.8 Å². The van der Waals surface area contributed by atoms with E-state index in [1.54, 1.807) is 6.08 Å². The largest absolute Gasteiger partial charge is 0.490 e. The Morgan fingerprint density at radius 1 is 1.20 bits per heavy atom. The highest BCUT2D eigenvalue weighted by molar-refractivity contribution is 5.70. The first kappa shape index (κ1) is 14.2. The van der Waals surface area contributed by atoms with Gasteiger partial charge in [0.25, 0.3) is 0 Å². The maximum atomic E-state index is 5.51. The second-order valence-corrected chi connectivity index (χ2v) is 4.72. The summed E-state index contributed by atoms with van der Waals surface area (Å²) in [5, 5.41) is 0. The summed E-state index contributed by atoms with van der Waals surface area (Å²) >= 11 is 0. The van der Waals surface area contributed by atoms with Gasteiger partial charge in [0, 0.05) is 17.9 Å². The number of hydrogen-bond acceptors (Lipinski definition) is 2. The van der Waals surface area contributed by atoms with Crippen molar-refractivity contribution in [2.75, 3.05) is 13.2 Å². The highest BCUT2D eigenvalue weighted by Crippen LogP contribution is 2.30. The van der Waals surface area contributed by atoms with Gasteiger partial charge in [0.1, 0.15) is 12.4 Å². The standard InChI is InChI=1S/C18H21NO/c1-5-13-20-17-10-8-16(9-11-17)18-12-7-14(3)15(4)19(18)6-2/h5,7-12H,1,4,6,13H2,2-3H3. The topological polar surface area (TPSA) is 12.5 Å². The van der Waals surface area contributed by atoms with Gasteiger partial charge in [0.05, 0.1) is 0 Å². The third-order valence-corrected chi connectivity index (χ3v) is 3.40. The van der Waals surface area contributed by atoms with Crippen LogP contribution in [0.15, 0.2) is 66.9 Å². The molecule has 0 N–H and O–H groups in total. The summed E-state index contributed by atoms with van der Waals surface area (Å²) < 4.78 is 5.51. The second-order valence-electron chi connectivity index (χ2n) is 4.72. The highest BCUT2D eigenvalue weighted by Gasteiger charge is 2.17. The second kappa shape index (κ2) is 6.29. The molecule has 1 aromatic rings. The van der Waals surface area contributed by atoms with Crippen LogP contribution >= 0.6 is 0 Å². The molecular weight excluding hydrogens is 246 g/mol. The molecule has 0 aliphatic carbocycles. The van der Waals surface area contributed by atoms with Crippen LogP contribution in [0.4, 0.5) is 0 Å². The summed E-state index contributed by atoms with van der Waals surface area (Å²) in [5.41, 5.74) is 4.62. The molecule has 0 fully saturated rings. The van der Waals surface area contributed by atoms with E-state index in [-0.39, 0.29) is 0 Å². The van der Waals surface area contributed by atoms with Crippen molar-refractivity contribution in [1.29, 1.82) is 0 Å². The minimum Gasteiger partial charge on any atom is -0.490 e. The maximum absolute atomic E-state index is 5.51. The van der Waals surface area contributed by atoms with Crippen molar-refractivity contribution in [3.05, 3.63) is 72.5 Å². The molecule has 0 spiro atoms. The molecule has 1 aliphatic heterocycles. The number of ether oxygens (including phenoxy) is 1. The first-order chi connectivity index (χ1) is 9.67. The summed E-state index contributed by atoms with van der Waals surface area (Å²) in [6.45, 7) is 13.5. The zero-order chi connectivity index (χ0) is 14.5. The molecule has 2 heteroatoms. The van der Waals surface area contributed by atoms with Gasteiger partial charge in [-0.3, -0.25) is 0 Å². The Morgan fingerprint density at radius 2 is 1.90 bits per heavy atom. The van der Waals surface area contributed by atoms with Crippen molar-refractivity contribution >= 4 is 5.70 Å². The summed E-state index contributed by atoms with van der Waals surface area (Å²) in [6, 6.07) is 8.13. The summed E-state index contributed by atoms with van der Waals surface area (Å²) in [6.07, 6.45) is 6.01. The average Bonchev–Trinajstić information content (AvgIpc) is 2.48. The van der Waals surface area contributed by atoms with Crippen LogP contribution in [-0.2, 0) is 0 Å². The zero-order valence-electron chi connectivity index (χ0n) is 12.2. The van der Waals surface area contributed by atoms with Gasteiger partial charge in [0.2, 0.25) is 0 Å². The van der Waals surface area contributed by atoms with Crippen molar-refractivity contribution in [3.8, 4) is 5.75 Å². The molecule has 104 valence electrons. The number of benzene rings is 1. The lowest BCUT2D eigenvalue weighted by atomic mass is 10.0. The number of nitrogens with zero attached hydrogens (tertiary/aromatic N) is 1. The van der Waals surface area contributed by atoms with Crippen molar-refractivity contribution in [2.24, 2.45) is 0 Å². The summed E-state index contributed by atoms with van der Waals surface area (Å²) in [4.78, 5) is 2.23. The Labute approximate surface area is 121 Å². The van der Waals surface area contributed by atoms with E-state index in [1.807, 2.05) is 12.1 Å². The molecule has 0 unspecified atom stereocenters. The Hall–Kier alpha value is -2.22. The van der Waals surface area contributed by atoms with Crippen molar-refractivity contribution in [3.63, 3.8) is 0 Å². The smallest absolute Gasteiger partial charge is 0.119 e. The molecule has 0 radical (unpaired) electrons. The van der Waals surface area contributed by atoms with Gasteiger partial charge in [-0.2, -0.15) is 0 Å². The van der Waals surface area contributed by atoms with Crippen LogP contribution in [-0.4, -0.2) is 18.1 Å². The lowest BCUT2D eigenvalue weighted by molar-refractivity contribution is 0.363. The summed E-state index contributed by atoms with van der Waals surface area (Å²) in [5.74, 6) is 0.860. The van der Waals surface area contributed by atoms with Gasteiger partial charge in [0.15, 0.2) is 0 Å². The number of hydrogen-bond donors (Lipinski definition) is 0. The fraction of sp³-hybridized carbons (Fsp3) is 0.222. The maximum Gasteiger partial charge on any atom is 0.119 e. The van der Waals surface area contributed by atoms with Crippen LogP contribution in [0.2, 0.25) is 0 Å². The fourth-order valence-corrected chi connectivity index (χ4v) is 2.24. The predicted octanol–water partition coefficient (Wildman–Crippen LogP) is 4.39. The molecule has 0 atom stereocenters. The van der Waals surface area contributed by atoms with E-state index in [2.05, 4.69) is 56.2 Å². The van der Waals surface area contributed by atoms with Crippen LogP contribution in [0.1, 0.15) is 19.4 Å². The molecular formula is C18H21NO. The summed E-state index contributed by atoms with van der Waals surface area (Å²) in [7, 11) is 0. The van der Waals surface area contributed by atoms with Gasteiger partial charge >= 0.3 is 0 Å². The molecule has 1 aromatic carbocycles. The van der Waals surface area contributed by atoms with Crippen molar-refractivity contribution in [1.82, 2.24) is 4.90 Å². The van der Waals surface area contributed by atoms with Gasteiger partial charge in [-0.25, -0.2) is 0 Å². The minimum atomic E-state index is 0.530. The van der Waals surface area contributed by atoms with E-state index in [0.717, 1.165) is 18.0 Å². The molecule has 2 nitrogen and oxygen atoms in total. The monoisotopic (exact) mass is 267 g/mol. The first-order valence-electron chi connectivity index (χ1n) is 6.87. The normalized spacial score (nSPS) is 14.7. The van der Waals surface area contributed by atoms with Gasteiger partial charge < -0.3 is 9.64 Å². The molecule has 0 saturated carbocycles. The van der Waals surface area contributed by atoms with Gasteiger partial charge in [-0.15, -0.1) is 0 Å². The van der Waals surface area contributed by atoms with E-state index >= 15 is 0 Å². The highest BCUT2D eigenvalue weighted by atomic mass is 16.5. The van der Waals surface area contributed by atoms with E-state index < -0.39 is 0 Å². The Kier molecular flexibility index (Phi) is 4.46. The van der Waals surface area contributed by atoms with E-state index in [9.17, 15) is 0 Å². The quantitative estimate of drug-likeness (QED) is 0.734. The lowest BCUT2D eigenvalue weighted by Gasteiger charge is -2.31. The Morgan fingerprint density at radius 3 is 2.50 bits per heavy atom. The minimum absolute atomic E-state index is 0.530. The van der Waals surface area contributed by atoms with E-state index in [4.69, 9.17) is 4.74 Å². The average molecular weight is 267 g/mol. The number of rotatable bonds is 5. The predicted molar refractivity (Wildman–Crippen MR) is 85.4 cm³/mol. The molecule has 2 rings (SSSR count). The zero-order valence-corrected chi connectivity index (χ0v) is 12.2. The molecule has 1 heterocycles. The Balaban J connectivity index is 2.26. The van der Waals surface area contributed by atoms with Crippen LogP contribution in [0.25, 0.3) is 5.70 Å². The molecule has 20 heavy (non-hydrogen) atoms. The van der Waals surface area contributed by atoms with Gasteiger partial charge in [-0.1, -0.05) is 25.3 Å². The van der Waals surface area contributed by atoms with Crippen LogP contribution < -0.4 is 4.74 Å². The molecule has 0 bridgehead atoms. The Bertz CT molecular complexity index is 564. The van der Waals surface area contributed by atoms with Crippen LogP contribution in [0.5, 0.6) is 5.75 Å². The fourth-order valence-electron chi connectivity index (χ4n) is 2.24. The number of allylic oxidation sites excluding steroid dienone is 3. The van der Waals surface area contributed by atoms with Crippen molar-refractivity contribution < 1.29 is 4.74 Å². The van der Waals surface area contributed by atoms with E-state index in [0.29, 0.717) is 6.61 Å². The first-order valence-corrected chi connectivity index (χ1v) is 6.87. The molecule has 0 saturated heterocycles. The molecule has 0 amide bonds. The molecule has 1 aliphatic rings. The SMILES string of the molecule is C=CCOc1ccc(C2=CC=C(C)C(=C)N2CC)cc1. The van der Waals surface area contributed by atoms with Crippen molar-refractivity contribution in [2.45, 2.75) is 13.8 Å². The lowest BCUT2D eigenvalue weighted by Crippen LogP contribution is -2.23. The third kappa shape index (κ3) is 2.85. The molecule has 0 aromatic heterocycles.